The van der Waals surface area contributed by atoms with Crippen molar-refractivity contribution in [3.8, 4) is 0 Å². The maximum absolute atomic E-state index is 10.3. The van der Waals surface area contributed by atoms with Crippen molar-refractivity contribution in [3.05, 3.63) is 0 Å². The molecule has 4 heteroatoms. The van der Waals surface area contributed by atoms with Crippen LogP contribution in [0.1, 0.15) is 0 Å². The Labute approximate surface area is 63.0 Å². The third-order valence-electron chi connectivity index (χ3n) is 0. The summed E-state index contributed by atoms with van der Waals surface area (Å²) in [5.41, 5.74) is 0. The largest absolute Gasteiger partial charge is 0.240 e. The molecule has 0 heterocycles. The molecule has 0 atom stereocenters. The van der Waals surface area contributed by atoms with E-state index in [-0.39, 0.29) is 9.36 Å². The first-order valence-corrected chi connectivity index (χ1v) is 4.12. The van der Waals surface area contributed by atoms with E-state index in [0.29, 0.717) is 0 Å². The molecule has 0 radical (unpaired) electrons. The predicted molar refractivity (Wildman–Crippen MR) is 40.0 cm³/mol. The summed E-state index contributed by atoms with van der Waals surface area (Å²) in [6.07, 6.45) is 0. The van der Waals surface area contributed by atoms with Crippen molar-refractivity contribution >= 4 is 45.2 Å². The molecule has 0 aromatic heterocycles. The molecule has 0 aromatic rings. The Morgan fingerprint density at radius 1 is 1.00 bits per heavy atom. The molecule has 0 bridgehead atoms. The molecule has 0 amide bonds. The van der Waals surface area contributed by atoms with E-state index in [1.807, 2.05) is 0 Å². The maximum Gasteiger partial charge on any atom is 0.140 e. The summed E-state index contributed by atoms with van der Waals surface area (Å²) in [6, 6.07) is 0. The highest BCUT2D eigenvalue weighted by atomic mass is 127. The highest BCUT2D eigenvalue weighted by Crippen LogP contribution is 1.74. The van der Waals surface area contributed by atoms with Crippen LogP contribution in [0.3, 0.4) is 0 Å². The van der Waals surface area contributed by atoms with Gasteiger partial charge in [-0.05, 0) is 45.2 Å². The lowest BCUT2D eigenvalue weighted by Gasteiger charge is -1.43. The lowest BCUT2D eigenvalue weighted by Crippen LogP contribution is -1.26. The van der Waals surface area contributed by atoms with Gasteiger partial charge in [-0.25, -0.2) is 8.78 Å². The molecule has 0 saturated heterocycles. The van der Waals surface area contributed by atoms with Gasteiger partial charge in [-0.3, -0.25) is 0 Å². The fraction of sp³-hybridized carbons (Fsp3) is 1.00. The van der Waals surface area contributed by atoms with Crippen molar-refractivity contribution in [2.24, 2.45) is 0 Å². The third-order valence-corrected chi connectivity index (χ3v) is 0. The highest BCUT2D eigenvalue weighted by molar-refractivity contribution is 14.1. The molecule has 0 N–H and O–H groups in total. The summed E-state index contributed by atoms with van der Waals surface area (Å²) in [6.45, 7) is 0. The van der Waals surface area contributed by atoms with E-state index in [4.69, 9.17) is 0 Å². The molecule has 6 heavy (non-hydrogen) atoms. The molecule has 0 aliphatic heterocycles. The van der Waals surface area contributed by atoms with E-state index in [1.54, 1.807) is 45.2 Å². The van der Waals surface area contributed by atoms with E-state index in [0.717, 1.165) is 0 Å². The lowest BCUT2D eigenvalue weighted by molar-refractivity contribution is 0.622. The number of rotatable bonds is 0. The topological polar surface area (TPSA) is 0 Å². The molecule has 0 aliphatic rings. The Bertz CT molecular complexity index is 11.5. The van der Waals surface area contributed by atoms with Gasteiger partial charge in [-0.1, -0.05) is 0 Å². The Hall–Kier alpha value is 1.32. The minimum atomic E-state index is -0.280. The Kier molecular flexibility index (Phi) is 27.9. The van der Waals surface area contributed by atoms with Gasteiger partial charge >= 0.3 is 0 Å². The zero-order chi connectivity index (χ0) is 5.41. The molecule has 0 aromatic carbocycles. The SMILES string of the molecule is FCI.FCI. The van der Waals surface area contributed by atoms with Gasteiger partial charge in [-0.15, -0.1) is 0 Å². The second-order valence-electron chi connectivity index (χ2n) is 0.202. The summed E-state index contributed by atoms with van der Waals surface area (Å²) in [5.74, 6) is 0. The first-order chi connectivity index (χ1) is 2.83. The summed E-state index contributed by atoms with van der Waals surface area (Å²) in [4.78, 5) is 0. The lowest BCUT2D eigenvalue weighted by atomic mass is 11.9. The minimum Gasteiger partial charge on any atom is -0.240 e. The second-order valence-corrected chi connectivity index (χ2v) is 1.36. The first kappa shape index (κ1) is 10.3. The van der Waals surface area contributed by atoms with Crippen molar-refractivity contribution in [1.29, 1.82) is 0 Å². The van der Waals surface area contributed by atoms with Crippen molar-refractivity contribution in [2.75, 3.05) is 9.36 Å². The molecule has 0 unspecified atom stereocenters. The van der Waals surface area contributed by atoms with E-state index in [1.165, 1.54) is 0 Å². The maximum atomic E-state index is 10.3. The fourth-order valence-electron chi connectivity index (χ4n) is 0. The van der Waals surface area contributed by atoms with Crippen LogP contribution in [-0.2, 0) is 0 Å². The summed E-state index contributed by atoms with van der Waals surface area (Å²) < 4.78 is 20.0. The number of hydrogen-bond acceptors (Lipinski definition) is 0. The molecule has 40 valence electrons. The van der Waals surface area contributed by atoms with Crippen LogP contribution in [0.4, 0.5) is 8.78 Å². The van der Waals surface area contributed by atoms with Crippen molar-refractivity contribution in [3.63, 3.8) is 0 Å². The van der Waals surface area contributed by atoms with Crippen LogP contribution in [0.5, 0.6) is 0 Å². The van der Waals surface area contributed by atoms with Gasteiger partial charge in [0.15, 0.2) is 0 Å². The Balaban J connectivity index is 0. The molecule has 0 rings (SSSR count). The fourth-order valence-corrected chi connectivity index (χ4v) is 0. The standard InChI is InChI=1S/2CH2FI/c2*2-1-3/h2*1H2. The predicted octanol–water partition coefficient (Wildman–Crippen LogP) is 2.70. The van der Waals surface area contributed by atoms with E-state index in [2.05, 4.69) is 0 Å². The van der Waals surface area contributed by atoms with Gasteiger partial charge in [0, 0.05) is 0 Å². The van der Waals surface area contributed by atoms with E-state index >= 15 is 0 Å². The third kappa shape index (κ3) is 57.0. The van der Waals surface area contributed by atoms with Gasteiger partial charge < -0.3 is 0 Å². The van der Waals surface area contributed by atoms with Crippen LogP contribution in [0.25, 0.3) is 0 Å². The quantitative estimate of drug-likeness (QED) is 0.476. The average Bonchev–Trinajstić information content (AvgIpc) is 1.39. The van der Waals surface area contributed by atoms with Crippen LogP contribution in [0.15, 0.2) is 0 Å². The zero-order valence-electron chi connectivity index (χ0n) is 2.93. The number of hydrogen-bond donors (Lipinski definition) is 0. The van der Waals surface area contributed by atoms with Crippen LogP contribution in [0.2, 0.25) is 0 Å². The van der Waals surface area contributed by atoms with Crippen molar-refractivity contribution < 1.29 is 8.78 Å². The molecule has 0 saturated carbocycles. The first-order valence-electron chi connectivity index (χ1n) is 1.07. The van der Waals surface area contributed by atoms with Crippen molar-refractivity contribution in [1.82, 2.24) is 0 Å². The van der Waals surface area contributed by atoms with Gasteiger partial charge in [0.25, 0.3) is 0 Å². The smallest absolute Gasteiger partial charge is 0.140 e. The summed E-state index contributed by atoms with van der Waals surface area (Å²) in [5, 5.41) is 0. The van der Waals surface area contributed by atoms with E-state index in [9.17, 15) is 8.78 Å². The number of halogens is 4. The van der Waals surface area contributed by atoms with E-state index < -0.39 is 0 Å². The second kappa shape index (κ2) is 16.2. The monoisotopic (exact) mass is 320 g/mol. The van der Waals surface area contributed by atoms with Gasteiger partial charge in [-0.2, -0.15) is 0 Å². The molecule has 0 aliphatic carbocycles. The zero-order valence-corrected chi connectivity index (χ0v) is 7.24. The molecular weight excluding hydrogens is 316 g/mol. The van der Waals surface area contributed by atoms with Gasteiger partial charge in [0.2, 0.25) is 0 Å². The van der Waals surface area contributed by atoms with Gasteiger partial charge in [0.1, 0.15) is 9.36 Å². The van der Waals surface area contributed by atoms with Gasteiger partial charge in [0.05, 0.1) is 0 Å². The molecular formula is C2H4F2I2. The Morgan fingerprint density at radius 2 is 1.00 bits per heavy atom. The summed E-state index contributed by atoms with van der Waals surface area (Å²) >= 11 is 3.24. The van der Waals surface area contributed by atoms with Crippen LogP contribution >= 0.6 is 45.2 Å². The highest BCUT2D eigenvalue weighted by Gasteiger charge is 1.43. The molecule has 0 fully saturated rings. The van der Waals surface area contributed by atoms with Crippen LogP contribution in [0, 0.1) is 0 Å². The minimum absolute atomic E-state index is 0.280. The molecule has 0 spiro atoms. The number of alkyl halides is 4. The molecule has 0 nitrogen and oxygen atoms in total. The van der Waals surface area contributed by atoms with Crippen molar-refractivity contribution in [2.45, 2.75) is 0 Å². The van der Waals surface area contributed by atoms with Crippen LogP contribution < -0.4 is 0 Å². The summed E-state index contributed by atoms with van der Waals surface area (Å²) in [7, 11) is 0. The average molecular weight is 320 g/mol. The van der Waals surface area contributed by atoms with Crippen LogP contribution in [-0.4, -0.2) is 9.36 Å². The normalized spacial score (nSPS) is 6.00. The Morgan fingerprint density at radius 3 is 1.00 bits per heavy atom.